The van der Waals surface area contributed by atoms with Gasteiger partial charge in [0.05, 0.1) is 16.7 Å². The molecule has 1 atom stereocenters. The number of nitrogens with zero attached hydrogens (tertiary/aromatic N) is 2. The summed E-state index contributed by atoms with van der Waals surface area (Å²) < 4.78 is 14.9. The first-order chi connectivity index (χ1) is 13.0. The van der Waals surface area contributed by atoms with Crippen LogP contribution in [0.4, 0.5) is 10.1 Å². The number of nitrogens with one attached hydrogen (secondary N) is 1. The van der Waals surface area contributed by atoms with Gasteiger partial charge in [0.1, 0.15) is 5.82 Å². The highest BCUT2D eigenvalue weighted by atomic mass is 32.2. The van der Waals surface area contributed by atoms with Gasteiger partial charge in [-0.3, -0.25) is 14.2 Å². The number of halogens is 1. The highest BCUT2D eigenvalue weighted by Crippen LogP contribution is 2.22. The third-order valence-corrected chi connectivity index (χ3v) is 5.20. The zero-order valence-electron chi connectivity index (χ0n) is 15.1. The number of benzene rings is 2. The molecular formula is C20H20FN3O2S. The molecule has 5 nitrogen and oxygen atoms in total. The Morgan fingerprint density at radius 3 is 2.78 bits per heavy atom. The molecule has 1 amide bonds. The third-order valence-electron chi connectivity index (χ3n) is 4.25. The summed E-state index contributed by atoms with van der Waals surface area (Å²) in [6.45, 7) is 3.95. The van der Waals surface area contributed by atoms with Crippen molar-refractivity contribution in [1.29, 1.82) is 0 Å². The lowest BCUT2D eigenvalue weighted by molar-refractivity contribution is -0.113. The van der Waals surface area contributed by atoms with Crippen LogP contribution in [0.2, 0.25) is 0 Å². The van der Waals surface area contributed by atoms with Crippen LogP contribution in [0.3, 0.4) is 0 Å². The van der Waals surface area contributed by atoms with E-state index in [0.29, 0.717) is 21.7 Å². The van der Waals surface area contributed by atoms with Gasteiger partial charge < -0.3 is 5.32 Å². The fraction of sp³-hybridized carbons (Fsp3) is 0.250. The molecule has 7 heteroatoms. The van der Waals surface area contributed by atoms with E-state index in [2.05, 4.69) is 10.3 Å². The molecule has 1 heterocycles. The molecule has 3 aromatic rings. The lowest BCUT2D eigenvalue weighted by Crippen LogP contribution is -2.26. The van der Waals surface area contributed by atoms with Crippen LogP contribution >= 0.6 is 11.8 Å². The maximum absolute atomic E-state index is 13.2. The molecule has 0 aliphatic rings. The van der Waals surface area contributed by atoms with Crippen LogP contribution in [-0.4, -0.2) is 21.2 Å². The quantitative estimate of drug-likeness (QED) is 0.509. The molecule has 0 radical (unpaired) electrons. The van der Waals surface area contributed by atoms with E-state index in [4.69, 9.17) is 0 Å². The first-order valence-corrected chi connectivity index (χ1v) is 9.67. The first kappa shape index (κ1) is 19.1. The van der Waals surface area contributed by atoms with Crippen molar-refractivity contribution in [3.8, 4) is 0 Å². The van der Waals surface area contributed by atoms with Gasteiger partial charge in [-0.15, -0.1) is 0 Å². The topological polar surface area (TPSA) is 64.0 Å². The predicted octanol–water partition coefficient (Wildman–Crippen LogP) is 4.24. The molecule has 1 aromatic heterocycles. The Balaban J connectivity index is 1.85. The molecule has 3 rings (SSSR count). The van der Waals surface area contributed by atoms with Crippen molar-refractivity contribution in [1.82, 2.24) is 9.55 Å². The van der Waals surface area contributed by atoms with Crippen molar-refractivity contribution >= 4 is 34.3 Å². The van der Waals surface area contributed by atoms with Gasteiger partial charge in [0.15, 0.2) is 5.16 Å². The Bertz CT molecular complexity index is 1040. The SMILES string of the molecule is CC[C@@H](C)n1c(SCC(=O)Nc2cccc(F)c2)nc2ccccc2c1=O. The van der Waals surface area contributed by atoms with Crippen LogP contribution in [0.15, 0.2) is 58.5 Å². The number of thioether (sulfide) groups is 1. The fourth-order valence-electron chi connectivity index (χ4n) is 2.69. The number of amides is 1. The molecule has 2 aromatic carbocycles. The molecule has 0 unspecified atom stereocenters. The van der Waals surface area contributed by atoms with E-state index in [1.165, 1.54) is 30.0 Å². The number of para-hydroxylation sites is 1. The number of hydrogen-bond acceptors (Lipinski definition) is 4. The molecule has 27 heavy (non-hydrogen) atoms. The van der Waals surface area contributed by atoms with E-state index >= 15 is 0 Å². The molecule has 1 N–H and O–H groups in total. The number of hydrogen-bond donors (Lipinski definition) is 1. The molecule has 0 spiro atoms. The van der Waals surface area contributed by atoms with Crippen LogP contribution in [0.1, 0.15) is 26.3 Å². The maximum Gasteiger partial charge on any atom is 0.262 e. The summed E-state index contributed by atoms with van der Waals surface area (Å²) in [6.07, 6.45) is 0.767. The van der Waals surface area contributed by atoms with E-state index in [0.717, 1.165) is 6.42 Å². The van der Waals surface area contributed by atoms with Crippen LogP contribution in [0.25, 0.3) is 10.9 Å². The molecule has 0 saturated carbocycles. The van der Waals surface area contributed by atoms with Gasteiger partial charge in [0.25, 0.3) is 5.56 Å². The van der Waals surface area contributed by atoms with E-state index in [-0.39, 0.29) is 23.3 Å². The maximum atomic E-state index is 13.2. The Morgan fingerprint density at radius 2 is 2.04 bits per heavy atom. The molecule has 0 bridgehead atoms. The van der Waals surface area contributed by atoms with Crippen molar-refractivity contribution in [3.05, 3.63) is 64.7 Å². The third kappa shape index (κ3) is 4.36. The monoisotopic (exact) mass is 385 g/mol. The van der Waals surface area contributed by atoms with E-state index < -0.39 is 5.82 Å². The van der Waals surface area contributed by atoms with Gasteiger partial charge in [0.2, 0.25) is 5.91 Å². The minimum absolute atomic E-state index is 0.0385. The summed E-state index contributed by atoms with van der Waals surface area (Å²) in [6, 6.07) is 12.9. The smallest absolute Gasteiger partial charge is 0.262 e. The molecule has 0 aliphatic heterocycles. The zero-order valence-corrected chi connectivity index (χ0v) is 15.9. The van der Waals surface area contributed by atoms with Crippen molar-refractivity contribution in [2.45, 2.75) is 31.5 Å². The first-order valence-electron chi connectivity index (χ1n) is 8.69. The van der Waals surface area contributed by atoms with E-state index in [1.807, 2.05) is 26.0 Å². The Labute approximate surface area is 160 Å². The summed E-state index contributed by atoms with van der Waals surface area (Å²) in [5.41, 5.74) is 0.893. The number of anilines is 1. The minimum atomic E-state index is -0.415. The Hall–Kier alpha value is -2.67. The zero-order chi connectivity index (χ0) is 19.4. The van der Waals surface area contributed by atoms with Crippen molar-refractivity contribution in [2.24, 2.45) is 0 Å². The van der Waals surface area contributed by atoms with E-state index in [1.54, 1.807) is 22.8 Å². The number of carbonyl (C=O) groups is 1. The summed E-state index contributed by atoms with van der Waals surface area (Å²) in [5.74, 6) is -0.636. The lowest BCUT2D eigenvalue weighted by atomic mass is 10.2. The second-order valence-electron chi connectivity index (χ2n) is 6.19. The Kier molecular flexibility index (Phi) is 5.91. The van der Waals surface area contributed by atoms with Gasteiger partial charge in [-0.05, 0) is 43.7 Å². The van der Waals surface area contributed by atoms with Gasteiger partial charge in [-0.25, -0.2) is 9.37 Å². The van der Waals surface area contributed by atoms with Gasteiger partial charge in [-0.1, -0.05) is 36.9 Å². The van der Waals surface area contributed by atoms with Crippen molar-refractivity contribution < 1.29 is 9.18 Å². The standard InChI is InChI=1S/C20H20FN3O2S/c1-3-13(2)24-19(26)16-9-4-5-10-17(16)23-20(24)27-12-18(25)22-15-8-6-7-14(21)11-15/h4-11,13H,3,12H2,1-2H3,(H,22,25)/t13-/m1/s1. The lowest BCUT2D eigenvalue weighted by Gasteiger charge is -2.18. The number of rotatable bonds is 6. The van der Waals surface area contributed by atoms with Crippen LogP contribution in [0.5, 0.6) is 0 Å². The highest BCUT2D eigenvalue weighted by molar-refractivity contribution is 7.99. The molecule has 0 saturated heterocycles. The summed E-state index contributed by atoms with van der Waals surface area (Å²) in [4.78, 5) is 29.7. The summed E-state index contributed by atoms with van der Waals surface area (Å²) >= 11 is 1.20. The fourth-order valence-corrected chi connectivity index (χ4v) is 3.59. The number of aromatic nitrogens is 2. The second-order valence-corrected chi connectivity index (χ2v) is 7.13. The normalized spacial score (nSPS) is 12.1. The van der Waals surface area contributed by atoms with Crippen LogP contribution < -0.4 is 10.9 Å². The van der Waals surface area contributed by atoms with Gasteiger partial charge in [0, 0.05) is 11.7 Å². The number of carbonyl (C=O) groups excluding carboxylic acids is 1. The average molecular weight is 385 g/mol. The Morgan fingerprint density at radius 1 is 1.26 bits per heavy atom. The second kappa shape index (κ2) is 8.35. The number of fused-ring (bicyclic) bond motifs is 1. The largest absolute Gasteiger partial charge is 0.325 e. The van der Waals surface area contributed by atoms with Gasteiger partial charge >= 0.3 is 0 Å². The minimum Gasteiger partial charge on any atom is -0.325 e. The predicted molar refractivity (Wildman–Crippen MR) is 107 cm³/mol. The van der Waals surface area contributed by atoms with E-state index in [9.17, 15) is 14.0 Å². The van der Waals surface area contributed by atoms with Crippen LogP contribution in [0, 0.1) is 5.82 Å². The highest BCUT2D eigenvalue weighted by Gasteiger charge is 2.16. The van der Waals surface area contributed by atoms with Crippen molar-refractivity contribution in [2.75, 3.05) is 11.1 Å². The van der Waals surface area contributed by atoms with Crippen LogP contribution in [-0.2, 0) is 4.79 Å². The molecular weight excluding hydrogens is 365 g/mol. The average Bonchev–Trinajstić information content (AvgIpc) is 2.66. The molecule has 0 fully saturated rings. The molecule has 0 aliphatic carbocycles. The molecule has 140 valence electrons. The summed E-state index contributed by atoms with van der Waals surface area (Å²) in [7, 11) is 0. The van der Waals surface area contributed by atoms with Crippen molar-refractivity contribution in [3.63, 3.8) is 0 Å². The summed E-state index contributed by atoms with van der Waals surface area (Å²) in [5, 5.41) is 3.72. The van der Waals surface area contributed by atoms with Gasteiger partial charge in [-0.2, -0.15) is 0 Å².